The molecular formula is C6H14BClF3N. The van der Waals surface area contributed by atoms with Gasteiger partial charge in [-0.25, -0.2) is 0 Å². The summed E-state index contributed by atoms with van der Waals surface area (Å²) in [7, 11) is 4.60. The fourth-order valence-electron chi connectivity index (χ4n) is 1.19. The van der Waals surface area contributed by atoms with Crippen molar-refractivity contribution >= 4 is 17.9 Å². The second-order valence-electron chi connectivity index (χ2n) is 3.58. The summed E-state index contributed by atoms with van der Waals surface area (Å²) >= 11 is 3.59. The molecule has 0 amide bonds. The van der Waals surface area contributed by atoms with Crippen LogP contribution >= 0.6 is 11.5 Å². The lowest BCUT2D eigenvalue weighted by Crippen LogP contribution is -2.35. The van der Waals surface area contributed by atoms with Crippen molar-refractivity contribution in [3.8, 4) is 0 Å². The molecule has 6 heteroatoms. The van der Waals surface area contributed by atoms with Gasteiger partial charge < -0.3 is 17.4 Å². The molecule has 0 aliphatic carbocycles. The van der Waals surface area contributed by atoms with Crippen molar-refractivity contribution in [1.29, 1.82) is 0 Å². The van der Waals surface area contributed by atoms with Crippen LogP contribution in [0.25, 0.3) is 0 Å². The fourth-order valence-corrected chi connectivity index (χ4v) is 1.19. The molecule has 12 heavy (non-hydrogen) atoms. The highest BCUT2D eigenvalue weighted by Gasteiger charge is 2.19. The van der Waals surface area contributed by atoms with Crippen LogP contribution in [0.15, 0.2) is 0 Å². The smallest absolute Gasteiger partial charge is 0.435 e. The van der Waals surface area contributed by atoms with Crippen LogP contribution in [-0.2, 0) is 0 Å². The van der Waals surface area contributed by atoms with Gasteiger partial charge in [0, 0.05) is 12.8 Å². The predicted octanol–water partition coefficient (Wildman–Crippen LogP) is 2.43. The van der Waals surface area contributed by atoms with Crippen molar-refractivity contribution in [1.82, 2.24) is 0 Å². The summed E-state index contributed by atoms with van der Waals surface area (Å²) in [5.41, 5.74) is 0. The van der Waals surface area contributed by atoms with E-state index in [1.54, 1.807) is 0 Å². The van der Waals surface area contributed by atoms with Gasteiger partial charge in [-0.3, -0.25) is 11.5 Å². The first-order valence-electron chi connectivity index (χ1n) is 3.90. The van der Waals surface area contributed by atoms with E-state index in [1.807, 2.05) is 0 Å². The van der Waals surface area contributed by atoms with Crippen LogP contribution in [0.5, 0.6) is 0 Å². The summed E-state index contributed by atoms with van der Waals surface area (Å²) in [5.74, 6) is 0. The topological polar surface area (TPSA) is 0 Å². The second kappa shape index (κ2) is 4.37. The first kappa shape index (κ1) is 12.1. The van der Waals surface area contributed by atoms with Crippen LogP contribution in [0, 0.1) is 0 Å². The average molecular weight is 203 g/mol. The zero-order valence-corrected chi connectivity index (χ0v) is 8.12. The summed E-state index contributed by atoms with van der Waals surface area (Å²) in [6, 6.07) is 0. The maximum atomic E-state index is 10.2. The molecule has 0 N–H and O–H groups in total. The number of rotatable bonds is 0. The SMILES string of the molecule is C[N+]1(C)CCCC1.F[B-](F)(F)Cl. The van der Waals surface area contributed by atoms with Crippen molar-refractivity contribution < 1.29 is 17.4 Å². The average Bonchev–Trinajstić information content (AvgIpc) is 2.08. The molecule has 1 nitrogen and oxygen atoms in total. The van der Waals surface area contributed by atoms with Crippen molar-refractivity contribution in [2.75, 3.05) is 27.2 Å². The Hall–Kier alpha value is 0.105. The third-order valence-corrected chi connectivity index (χ3v) is 1.78. The molecule has 1 aliphatic rings. The molecule has 0 aromatic rings. The minimum atomic E-state index is -5.03. The minimum absolute atomic E-state index is 1.25. The zero-order chi connectivity index (χ0) is 9.83. The lowest BCUT2D eigenvalue weighted by molar-refractivity contribution is -0.877. The molecule has 74 valence electrons. The second-order valence-corrected chi connectivity index (χ2v) is 4.08. The van der Waals surface area contributed by atoms with Crippen LogP contribution < -0.4 is 0 Å². The van der Waals surface area contributed by atoms with E-state index in [4.69, 9.17) is 0 Å². The van der Waals surface area contributed by atoms with Gasteiger partial charge in [0.15, 0.2) is 0 Å². The van der Waals surface area contributed by atoms with Crippen LogP contribution in [0.3, 0.4) is 0 Å². The van der Waals surface area contributed by atoms with E-state index < -0.39 is 6.39 Å². The molecule has 1 heterocycles. The molecule has 0 aromatic heterocycles. The van der Waals surface area contributed by atoms with Crippen LogP contribution in [0.2, 0.25) is 0 Å². The number of nitrogens with zero attached hydrogens (tertiary/aromatic N) is 1. The van der Waals surface area contributed by atoms with Crippen LogP contribution in [-0.4, -0.2) is 38.1 Å². The highest BCUT2D eigenvalue weighted by molar-refractivity contribution is 7.08. The van der Waals surface area contributed by atoms with Gasteiger partial charge in [-0.1, -0.05) is 0 Å². The van der Waals surface area contributed by atoms with Gasteiger partial charge in [0.1, 0.15) is 0 Å². The minimum Gasteiger partial charge on any atom is -0.435 e. The highest BCUT2D eigenvalue weighted by atomic mass is 35.5. The van der Waals surface area contributed by atoms with E-state index in [0.29, 0.717) is 0 Å². The normalized spacial score (nSPS) is 21.5. The molecular weight excluding hydrogens is 189 g/mol. The Morgan fingerprint density at radius 3 is 1.42 bits per heavy atom. The maximum absolute atomic E-state index is 10.2. The van der Waals surface area contributed by atoms with Gasteiger partial charge in [-0.05, 0) is 0 Å². The molecule has 1 rings (SSSR count). The largest absolute Gasteiger partial charge is 0.576 e. The molecule has 1 aliphatic heterocycles. The first-order chi connectivity index (χ1) is 5.21. The molecule has 0 atom stereocenters. The van der Waals surface area contributed by atoms with Gasteiger partial charge in [-0.15, -0.1) is 0 Å². The Labute approximate surface area is 76.1 Å². The summed E-state index contributed by atoms with van der Waals surface area (Å²) < 4.78 is 31.8. The highest BCUT2D eigenvalue weighted by Crippen LogP contribution is 2.11. The summed E-state index contributed by atoms with van der Waals surface area (Å²) in [4.78, 5) is 0. The lowest BCUT2D eigenvalue weighted by Gasteiger charge is -2.21. The van der Waals surface area contributed by atoms with Gasteiger partial charge in [-0.2, -0.15) is 0 Å². The summed E-state index contributed by atoms with van der Waals surface area (Å²) in [6.07, 6.45) is -2.15. The number of quaternary nitrogens is 1. The van der Waals surface area contributed by atoms with E-state index in [0.717, 1.165) is 0 Å². The summed E-state index contributed by atoms with van der Waals surface area (Å²) in [5, 5.41) is 0. The number of halogens is 4. The van der Waals surface area contributed by atoms with Crippen molar-refractivity contribution in [2.24, 2.45) is 0 Å². The van der Waals surface area contributed by atoms with E-state index in [1.165, 1.54) is 30.4 Å². The van der Waals surface area contributed by atoms with Crippen LogP contribution in [0.1, 0.15) is 12.8 Å². The third kappa shape index (κ3) is 10.1. The maximum Gasteiger partial charge on any atom is 0.576 e. The Balaban J connectivity index is 0.000000217. The monoisotopic (exact) mass is 203 g/mol. The Morgan fingerprint density at radius 2 is 1.33 bits per heavy atom. The van der Waals surface area contributed by atoms with E-state index in [2.05, 4.69) is 25.6 Å². The van der Waals surface area contributed by atoms with E-state index in [-0.39, 0.29) is 0 Å². The van der Waals surface area contributed by atoms with Crippen LogP contribution in [0.4, 0.5) is 12.9 Å². The van der Waals surface area contributed by atoms with Crippen molar-refractivity contribution in [3.63, 3.8) is 0 Å². The molecule has 0 unspecified atom stereocenters. The molecule has 0 saturated carbocycles. The van der Waals surface area contributed by atoms with Gasteiger partial charge in [0.25, 0.3) is 0 Å². The Morgan fingerprint density at radius 1 is 1.08 bits per heavy atom. The van der Waals surface area contributed by atoms with E-state index in [9.17, 15) is 12.9 Å². The van der Waals surface area contributed by atoms with Gasteiger partial charge >= 0.3 is 6.39 Å². The fraction of sp³-hybridized carbons (Fsp3) is 1.00. The van der Waals surface area contributed by atoms with Gasteiger partial charge in [0.05, 0.1) is 27.2 Å². The lowest BCUT2D eigenvalue weighted by atomic mass is 10.4. The molecule has 0 radical (unpaired) electrons. The molecule has 0 spiro atoms. The quantitative estimate of drug-likeness (QED) is 0.419. The Bertz CT molecular complexity index is 123. The Kier molecular flexibility index (Phi) is 4.41. The first-order valence-corrected chi connectivity index (χ1v) is 4.34. The molecule has 1 saturated heterocycles. The third-order valence-electron chi connectivity index (χ3n) is 1.78. The number of likely N-dealkylation sites (tertiary alicyclic amines) is 1. The van der Waals surface area contributed by atoms with Gasteiger partial charge in [0.2, 0.25) is 0 Å². The van der Waals surface area contributed by atoms with Crippen molar-refractivity contribution in [2.45, 2.75) is 12.8 Å². The number of hydrogen-bond acceptors (Lipinski definition) is 0. The standard InChI is InChI=1S/C6H14N.BClF3/c1-7(2)5-3-4-6-7;2-1(3,4)5/h3-6H2,1-2H3;/q+1;-1. The molecule has 0 aromatic carbocycles. The predicted molar refractivity (Wildman–Crippen MR) is 46.0 cm³/mol. The van der Waals surface area contributed by atoms with Crippen molar-refractivity contribution in [3.05, 3.63) is 0 Å². The molecule has 1 fully saturated rings. The summed E-state index contributed by atoms with van der Waals surface area (Å²) in [6.45, 7) is 2.78. The zero-order valence-electron chi connectivity index (χ0n) is 7.36. The molecule has 0 bridgehead atoms. The van der Waals surface area contributed by atoms with E-state index >= 15 is 0 Å². The number of hydrogen-bond donors (Lipinski definition) is 0.